The standard InChI is InChI=1S/C46H46N4/c1-29-30(2)34(6)42-41(33(29)5)47(37-21-13-9-14-22-37)45(48(42)38-23-15-10-16-24-38)46-49(39-25-17-11-18-26-39)43-35(7)31(3)32(4)36(8)44(43)50(46)40-27-19-12-20-28-40/h9-28,45-46H,1-8H3. The van der Waals surface area contributed by atoms with Crippen molar-refractivity contribution in [1.82, 2.24) is 0 Å². The lowest BCUT2D eigenvalue weighted by Gasteiger charge is -2.45. The molecule has 0 aromatic heterocycles. The van der Waals surface area contributed by atoms with E-state index in [0.29, 0.717) is 0 Å². The molecule has 0 aliphatic carbocycles. The molecule has 0 radical (unpaired) electrons. The minimum Gasteiger partial charge on any atom is -0.314 e. The van der Waals surface area contributed by atoms with Gasteiger partial charge in [-0.3, -0.25) is 0 Å². The van der Waals surface area contributed by atoms with Gasteiger partial charge in [0.15, 0.2) is 12.3 Å². The van der Waals surface area contributed by atoms with E-state index < -0.39 is 0 Å². The van der Waals surface area contributed by atoms with Gasteiger partial charge in [-0.25, -0.2) is 0 Å². The zero-order chi connectivity index (χ0) is 34.8. The van der Waals surface area contributed by atoms with Crippen molar-refractivity contribution in [1.29, 1.82) is 0 Å². The molecule has 2 heterocycles. The maximum atomic E-state index is 2.64. The van der Waals surface area contributed by atoms with Gasteiger partial charge in [0, 0.05) is 22.7 Å². The Labute approximate surface area is 297 Å². The second-order valence-electron chi connectivity index (χ2n) is 14.0. The normalized spacial score (nSPS) is 14.5. The van der Waals surface area contributed by atoms with Crippen molar-refractivity contribution in [2.45, 2.75) is 67.7 Å². The predicted molar refractivity (Wildman–Crippen MR) is 213 cm³/mol. The molecule has 6 aromatic rings. The molecule has 0 saturated carbocycles. The molecule has 0 N–H and O–H groups in total. The molecule has 0 fully saturated rings. The average molecular weight is 655 g/mol. The summed E-state index contributed by atoms with van der Waals surface area (Å²) in [6.45, 7) is 18.4. The zero-order valence-electron chi connectivity index (χ0n) is 30.5. The molecule has 50 heavy (non-hydrogen) atoms. The van der Waals surface area contributed by atoms with Gasteiger partial charge in [0.2, 0.25) is 0 Å². The van der Waals surface area contributed by atoms with E-state index in [-0.39, 0.29) is 12.3 Å². The van der Waals surface area contributed by atoms with E-state index in [1.54, 1.807) is 0 Å². The Kier molecular flexibility index (Phi) is 7.71. The fourth-order valence-corrected chi connectivity index (χ4v) is 8.50. The van der Waals surface area contributed by atoms with E-state index in [1.165, 1.54) is 90.0 Å². The first-order valence-corrected chi connectivity index (χ1v) is 17.8. The van der Waals surface area contributed by atoms with E-state index in [1.807, 2.05) is 0 Å². The van der Waals surface area contributed by atoms with Crippen molar-refractivity contribution >= 4 is 45.5 Å². The number of hydrogen-bond acceptors (Lipinski definition) is 4. The maximum absolute atomic E-state index is 2.64. The Bertz CT molecular complexity index is 1890. The van der Waals surface area contributed by atoms with Crippen LogP contribution in [0.15, 0.2) is 121 Å². The number of anilines is 8. The van der Waals surface area contributed by atoms with Crippen LogP contribution >= 0.6 is 0 Å². The van der Waals surface area contributed by atoms with E-state index >= 15 is 0 Å². The van der Waals surface area contributed by atoms with Crippen LogP contribution in [0.25, 0.3) is 0 Å². The fraction of sp³-hybridized carbons (Fsp3) is 0.217. The van der Waals surface area contributed by atoms with Crippen LogP contribution in [0, 0.1) is 55.4 Å². The van der Waals surface area contributed by atoms with Crippen molar-refractivity contribution in [3.05, 3.63) is 166 Å². The number of benzene rings is 6. The lowest BCUT2D eigenvalue weighted by Crippen LogP contribution is -2.58. The second-order valence-corrected chi connectivity index (χ2v) is 14.0. The molecule has 8 rings (SSSR count). The summed E-state index contributed by atoms with van der Waals surface area (Å²) in [6.07, 6.45) is -0.332. The maximum Gasteiger partial charge on any atom is 0.151 e. The fourth-order valence-electron chi connectivity index (χ4n) is 8.50. The number of nitrogens with zero attached hydrogens (tertiary/aromatic N) is 4. The highest BCUT2D eigenvalue weighted by Gasteiger charge is 2.53. The Hall–Kier alpha value is -5.48. The molecule has 0 spiro atoms. The summed E-state index contributed by atoms with van der Waals surface area (Å²) in [7, 11) is 0. The average Bonchev–Trinajstić information content (AvgIpc) is 3.70. The van der Waals surface area contributed by atoms with E-state index in [0.717, 1.165) is 0 Å². The molecule has 2 aliphatic rings. The monoisotopic (exact) mass is 654 g/mol. The molecule has 0 saturated heterocycles. The lowest BCUT2D eigenvalue weighted by atomic mass is 9.95. The second kappa shape index (κ2) is 12.1. The molecule has 0 atom stereocenters. The predicted octanol–water partition coefficient (Wildman–Crippen LogP) is 12.1. The van der Waals surface area contributed by atoms with Crippen LogP contribution in [0.1, 0.15) is 44.5 Å². The van der Waals surface area contributed by atoms with Crippen LogP contribution in [0.3, 0.4) is 0 Å². The topological polar surface area (TPSA) is 13.0 Å². The lowest BCUT2D eigenvalue weighted by molar-refractivity contribution is 0.549. The quantitative estimate of drug-likeness (QED) is 0.183. The minimum atomic E-state index is -0.166. The number of para-hydroxylation sites is 4. The van der Waals surface area contributed by atoms with Crippen LogP contribution in [0.4, 0.5) is 45.5 Å². The Morgan fingerprint density at radius 2 is 0.440 bits per heavy atom. The third kappa shape index (κ3) is 4.58. The largest absolute Gasteiger partial charge is 0.314 e. The zero-order valence-corrected chi connectivity index (χ0v) is 30.5. The molecular formula is C46H46N4. The molecule has 2 aliphatic heterocycles. The summed E-state index contributed by atoms with van der Waals surface area (Å²) in [4.78, 5) is 10.6. The molecule has 0 unspecified atom stereocenters. The highest BCUT2D eigenvalue weighted by Crippen LogP contribution is 2.59. The third-order valence-electron chi connectivity index (χ3n) is 11.7. The summed E-state index contributed by atoms with van der Waals surface area (Å²) in [5, 5.41) is 0. The molecule has 0 amide bonds. The molecule has 4 heteroatoms. The highest BCUT2D eigenvalue weighted by atomic mass is 15.5. The van der Waals surface area contributed by atoms with Crippen LogP contribution in [0.2, 0.25) is 0 Å². The molecule has 6 aromatic carbocycles. The number of fused-ring (bicyclic) bond motifs is 2. The van der Waals surface area contributed by atoms with E-state index in [4.69, 9.17) is 0 Å². The van der Waals surface area contributed by atoms with Crippen LogP contribution in [-0.2, 0) is 0 Å². The Morgan fingerprint density at radius 3 is 0.620 bits per heavy atom. The van der Waals surface area contributed by atoms with Gasteiger partial charge in [-0.1, -0.05) is 72.8 Å². The first-order chi connectivity index (χ1) is 24.2. The minimum absolute atomic E-state index is 0.166. The van der Waals surface area contributed by atoms with Crippen molar-refractivity contribution < 1.29 is 0 Å². The summed E-state index contributed by atoms with van der Waals surface area (Å²) in [5.41, 5.74) is 20.5. The van der Waals surface area contributed by atoms with Gasteiger partial charge >= 0.3 is 0 Å². The summed E-state index contributed by atoms with van der Waals surface area (Å²) < 4.78 is 0. The first kappa shape index (κ1) is 31.8. The highest BCUT2D eigenvalue weighted by molar-refractivity contribution is 5.98. The van der Waals surface area contributed by atoms with E-state index in [9.17, 15) is 0 Å². The number of rotatable bonds is 5. The van der Waals surface area contributed by atoms with Crippen molar-refractivity contribution in [2.75, 3.05) is 19.6 Å². The smallest absolute Gasteiger partial charge is 0.151 e. The Morgan fingerprint density at radius 1 is 0.260 bits per heavy atom. The molecule has 4 nitrogen and oxygen atoms in total. The van der Waals surface area contributed by atoms with Gasteiger partial charge < -0.3 is 19.6 Å². The molecule has 250 valence electrons. The molecule has 0 bridgehead atoms. The summed E-state index contributed by atoms with van der Waals surface area (Å²) in [6, 6.07) is 44.1. The summed E-state index contributed by atoms with van der Waals surface area (Å²) in [5.74, 6) is 0. The first-order valence-electron chi connectivity index (χ1n) is 17.8. The van der Waals surface area contributed by atoms with Gasteiger partial charge in [-0.15, -0.1) is 0 Å². The van der Waals surface area contributed by atoms with Crippen molar-refractivity contribution in [3.63, 3.8) is 0 Å². The third-order valence-corrected chi connectivity index (χ3v) is 11.7. The van der Waals surface area contributed by atoms with Crippen LogP contribution < -0.4 is 19.6 Å². The van der Waals surface area contributed by atoms with Crippen LogP contribution in [-0.4, -0.2) is 12.3 Å². The van der Waals surface area contributed by atoms with Gasteiger partial charge in [0.1, 0.15) is 0 Å². The van der Waals surface area contributed by atoms with E-state index in [2.05, 4.69) is 196 Å². The van der Waals surface area contributed by atoms with Gasteiger partial charge in [-0.2, -0.15) is 0 Å². The van der Waals surface area contributed by atoms with Gasteiger partial charge in [0.05, 0.1) is 22.7 Å². The van der Waals surface area contributed by atoms with Crippen LogP contribution in [0.5, 0.6) is 0 Å². The molecular weight excluding hydrogens is 609 g/mol. The van der Waals surface area contributed by atoms with Crippen molar-refractivity contribution in [3.8, 4) is 0 Å². The van der Waals surface area contributed by atoms with Gasteiger partial charge in [0.25, 0.3) is 0 Å². The SMILES string of the molecule is Cc1c(C)c(C)c2c(c1C)N(c1ccccc1)C(C1N(c3ccccc3)c3c(C)c(C)c(C)c(C)c3N1c1ccccc1)N2c1ccccc1. The van der Waals surface area contributed by atoms with Crippen molar-refractivity contribution in [2.24, 2.45) is 0 Å². The Balaban J connectivity index is 1.54. The van der Waals surface area contributed by atoms with Gasteiger partial charge in [-0.05, 0) is 148 Å². The summed E-state index contributed by atoms with van der Waals surface area (Å²) >= 11 is 0. The number of hydrogen-bond donors (Lipinski definition) is 0.